The van der Waals surface area contributed by atoms with Crippen molar-refractivity contribution in [2.45, 2.75) is 19.3 Å². The molecule has 0 spiro atoms. The predicted octanol–water partition coefficient (Wildman–Crippen LogP) is 1.47. The van der Waals surface area contributed by atoms with Gasteiger partial charge in [0.15, 0.2) is 0 Å². The minimum atomic E-state index is -1.64. The normalized spacial score (nSPS) is 14.6. The third-order valence-electron chi connectivity index (χ3n) is 5.76. The van der Waals surface area contributed by atoms with E-state index >= 15 is 0 Å². The van der Waals surface area contributed by atoms with Crippen molar-refractivity contribution in [1.82, 2.24) is 4.90 Å². The maximum atomic E-state index is 2.65. The van der Waals surface area contributed by atoms with Gasteiger partial charge in [-0.25, -0.2) is 0 Å². The number of likely N-dealkylation sites (tertiary alicyclic amines) is 1. The van der Waals surface area contributed by atoms with E-state index in [1.165, 1.54) is 61.0 Å². The molecule has 0 atom stereocenters. The molecule has 1 aliphatic heterocycles. The summed E-state index contributed by atoms with van der Waals surface area (Å²) in [5, 5.41) is 4.51. The molecule has 3 heteroatoms. The number of hydrogen-bond acceptors (Lipinski definition) is 1. The van der Waals surface area contributed by atoms with Crippen molar-refractivity contribution in [3.63, 3.8) is 0 Å². The fourth-order valence-corrected chi connectivity index (χ4v) is 8.75. The van der Waals surface area contributed by atoms with Crippen molar-refractivity contribution in [1.29, 1.82) is 0 Å². The summed E-state index contributed by atoms with van der Waals surface area (Å²) in [6, 6.07) is 33.7. The molecule has 3 aromatic carbocycles. The number of nitrogens with zero attached hydrogens (tertiary/aromatic N) is 1. The molecular formula is C25H29BrNP. The Morgan fingerprint density at radius 3 is 1.39 bits per heavy atom. The monoisotopic (exact) mass is 453 g/mol. The first kappa shape index (κ1) is 21.2. The summed E-state index contributed by atoms with van der Waals surface area (Å²) in [5.41, 5.74) is 0. The van der Waals surface area contributed by atoms with Gasteiger partial charge in [0, 0.05) is 6.54 Å². The number of benzene rings is 3. The summed E-state index contributed by atoms with van der Waals surface area (Å²) in [7, 11) is -1.64. The molecule has 3 aromatic rings. The largest absolute Gasteiger partial charge is 1.00 e. The lowest BCUT2D eigenvalue weighted by Gasteiger charge is -2.28. The van der Waals surface area contributed by atoms with Crippen molar-refractivity contribution in [2.24, 2.45) is 0 Å². The van der Waals surface area contributed by atoms with Gasteiger partial charge >= 0.3 is 0 Å². The fraction of sp³-hybridized carbons (Fsp3) is 0.280. The molecule has 0 aliphatic carbocycles. The molecule has 1 fully saturated rings. The van der Waals surface area contributed by atoms with Gasteiger partial charge in [0.25, 0.3) is 0 Å². The van der Waals surface area contributed by atoms with E-state index < -0.39 is 7.26 Å². The minimum Gasteiger partial charge on any atom is -1.00 e. The molecule has 0 amide bonds. The van der Waals surface area contributed by atoms with Crippen LogP contribution in [0.15, 0.2) is 91.0 Å². The Labute approximate surface area is 180 Å². The second-order valence-corrected chi connectivity index (χ2v) is 11.1. The highest BCUT2D eigenvalue weighted by Crippen LogP contribution is 2.55. The highest BCUT2D eigenvalue weighted by Gasteiger charge is 2.44. The Morgan fingerprint density at radius 1 is 0.607 bits per heavy atom. The predicted molar refractivity (Wildman–Crippen MR) is 120 cm³/mol. The van der Waals surface area contributed by atoms with Gasteiger partial charge in [0.2, 0.25) is 0 Å². The van der Waals surface area contributed by atoms with E-state index in [0.29, 0.717) is 0 Å². The first-order valence-corrected chi connectivity index (χ1v) is 12.1. The maximum absolute atomic E-state index is 2.65. The Bertz CT molecular complexity index is 720. The molecule has 1 saturated heterocycles. The van der Waals surface area contributed by atoms with Crippen LogP contribution in [0.3, 0.4) is 0 Å². The molecule has 1 aliphatic rings. The van der Waals surface area contributed by atoms with E-state index in [1.807, 2.05) is 0 Å². The lowest BCUT2D eigenvalue weighted by Crippen LogP contribution is -3.00. The molecule has 1 heterocycles. The van der Waals surface area contributed by atoms with Crippen molar-refractivity contribution in [3.8, 4) is 0 Å². The molecule has 0 aromatic heterocycles. The fourth-order valence-electron chi connectivity index (χ4n) is 4.42. The first-order chi connectivity index (χ1) is 13.4. The Hall–Kier alpha value is -1.47. The van der Waals surface area contributed by atoms with Crippen LogP contribution in [-0.4, -0.2) is 30.7 Å². The Kier molecular flexibility index (Phi) is 7.85. The summed E-state index contributed by atoms with van der Waals surface area (Å²) in [6.45, 7) is 3.80. The van der Waals surface area contributed by atoms with Gasteiger partial charge in [-0.05, 0) is 68.8 Å². The Morgan fingerprint density at radius 2 is 1.00 bits per heavy atom. The van der Waals surface area contributed by atoms with E-state index in [2.05, 4.69) is 95.9 Å². The van der Waals surface area contributed by atoms with E-state index in [1.54, 1.807) is 0 Å². The third kappa shape index (κ3) is 4.57. The third-order valence-corrected chi connectivity index (χ3v) is 10.3. The van der Waals surface area contributed by atoms with Crippen LogP contribution >= 0.6 is 7.26 Å². The lowest BCUT2D eigenvalue weighted by atomic mass is 10.3. The van der Waals surface area contributed by atoms with Crippen LogP contribution in [0.4, 0.5) is 0 Å². The summed E-state index contributed by atoms with van der Waals surface area (Å²) < 4.78 is 0. The van der Waals surface area contributed by atoms with Crippen LogP contribution in [0.2, 0.25) is 0 Å². The highest BCUT2D eigenvalue weighted by molar-refractivity contribution is 7.95. The van der Waals surface area contributed by atoms with Crippen LogP contribution in [0.25, 0.3) is 0 Å². The van der Waals surface area contributed by atoms with E-state index in [0.717, 1.165) is 0 Å². The first-order valence-electron chi connectivity index (χ1n) is 10.2. The number of rotatable bonds is 7. The van der Waals surface area contributed by atoms with Gasteiger partial charge in [-0.15, -0.1) is 0 Å². The summed E-state index contributed by atoms with van der Waals surface area (Å²) in [6.07, 6.45) is 5.24. The summed E-state index contributed by atoms with van der Waals surface area (Å²) >= 11 is 0. The van der Waals surface area contributed by atoms with Crippen LogP contribution in [-0.2, 0) is 0 Å². The molecule has 28 heavy (non-hydrogen) atoms. The zero-order chi connectivity index (χ0) is 18.4. The topological polar surface area (TPSA) is 3.24 Å². The SMILES string of the molecule is [Br-].c1ccc([P+](CCCN2CCCC2)(c2ccccc2)c2ccccc2)cc1. The zero-order valence-electron chi connectivity index (χ0n) is 16.4. The van der Waals surface area contributed by atoms with Crippen molar-refractivity contribution in [3.05, 3.63) is 91.0 Å². The molecule has 4 rings (SSSR count). The molecule has 0 N–H and O–H groups in total. The number of hydrogen-bond donors (Lipinski definition) is 0. The van der Waals surface area contributed by atoms with E-state index in [-0.39, 0.29) is 17.0 Å². The average molecular weight is 454 g/mol. The quantitative estimate of drug-likeness (QED) is 0.489. The molecule has 0 bridgehead atoms. The zero-order valence-corrected chi connectivity index (χ0v) is 18.9. The summed E-state index contributed by atoms with van der Waals surface area (Å²) in [5.74, 6) is 0. The van der Waals surface area contributed by atoms with Gasteiger partial charge in [0.05, 0.1) is 6.16 Å². The summed E-state index contributed by atoms with van der Waals surface area (Å²) in [4.78, 5) is 2.65. The van der Waals surface area contributed by atoms with E-state index in [4.69, 9.17) is 0 Å². The molecule has 146 valence electrons. The van der Waals surface area contributed by atoms with Gasteiger partial charge in [-0.2, -0.15) is 0 Å². The standard InChI is InChI=1S/C25H29NP.BrH/c1-4-13-23(14-5-1)27(24-15-6-2-7-16-24,25-17-8-3-9-18-25)22-12-21-26-19-10-11-20-26;/h1-9,13-18H,10-12,19-22H2;1H/q+1;/p-1. The molecule has 0 radical (unpaired) electrons. The maximum Gasteiger partial charge on any atom is 0.112 e. The van der Waals surface area contributed by atoms with Crippen LogP contribution in [0.5, 0.6) is 0 Å². The molecule has 0 unspecified atom stereocenters. The van der Waals surface area contributed by atoms with Crippen molar-refractivity contribution in [2.75, 3.05) is 25.8 Å². The average Bonchev–Trinajstić information content (AvgIpc) is 3.27. The highest BCUT2D eigenvalue weighted by atomic mass is 79.9. The van der Waals surface area contributed by atoms with Gasteiger partial charge in [-0.3, -0.25) is 0 Å². The lowest BCUT2D eigenvalue weighted by molar-refractivity contribution is -0.00000530. The molecular weight excluding hydrogens is 425 g/mol. The molecule has 1 nitrogen and oxygen atoms in total. The van der Waals surface area contributed by atoms with Gasteiger partial charge in [-0.1, -0.05) is 54.6 Å². The van der Waals surface area contributed by atoms with Crippen LogP contribution in [0.1, 0.15) is 19.3 Å². The Balaban J connectivity index is 0.00000225. The second-order valence-electron chi connectivity index (χ2n) is 7.44. The van der Waals surface area contributed by atoms with Gasteiger partial charge in [0.1, 0.15) is 23.2 Å². The van der Waals surface area contributed by atoms with E-state index in [9.17, 15) is 0 Å². The molecule has 0 saturated carbocycles. The van der Waals surface area contributed by atoms with Gasteiger partial charge < -0.3 is 21.9 Å². The number of halogens is 1. The van der Waals surface area contributed by atoms with Crippen molar-refractivity contribution >= 4 is 23.2 Å². The minimum absolute atomic E-state index is 0. The second kappa shape index (κ2) is 10.3. The van der Waals surface area contributed by atoms with Crippen LogP contribution < -0.4 is 32.9 Å². The smallest absolute Gasteiger partial charge is 0.112 e. The van der Waals surface area contributed by atoms with Crippen LogP contribution in [0, 0.1) is 0 Å². The van der Waals surface area contributed by atoms with Crippen molar-refractivity contribution < 1.29 is 17.0 Å².